The van der Waals surface area contributed by atoms with E-state index < -0.39 is 11.0 Å². The van der Waals surface area contributed by atoms with Crippen molar-refractivity contribution in [1.29, 1.82) is 5.26 Å². The van der Waals surface area contributed by atoms with Gasteiger partial charge >= 0.3 is 0 Å². The van der Waals surface area contributed by atoms with Gasteiger partial charge in [0.2, 0.25) is 0 Å². The van der Waals surface area contributed by atoms with Crippen LogP contribution in [0.25, 0.3) is 0 Å². The maximum absolute atomic E-state index is 11.1. The summed E-state index contributed by atoms with van der Waals surface area (Å²) in [6.45, 7) is 5.88. The van der Waals surface area contributed by atoms with Gasteiger partial charge in [0.1, 0.15) is 5.60 Å². The lowest BCUT2D eigenvalue weighted by Gasteiger charge is -2.43. The van der Waals surface area contributed by atoms with Gasteiger partial charge < -0.3 is 5.11 Å². The molecule has 19 heavy (non-hydrogen) atoms. The van der Waals surface area contributed by atoms with Gasteiger partial charge in [0.25, 0.3) is 0 Å². The highest BCUT2D eigenvalue weighted by molar-refractivity contribution is 5.35. The van der Waals surface area contributed by atoms with E-state index in [2.05, 4.69) is 12.1 Å². The molecule has 0 radical (unpaired) electrons. The number of rotatable bonds is 2. The first-order valence-electron chi connectivity index (χ1n) is 7.14. The topological polar surface area (TPSA) is 44.0 Å². The first-order valence-corrected chi connectivity index (χ1v) is 7.14. The zero-order valence-electron chi connectivity index (χ0n) is 12.2. The van der Waals surface area contributed by atoms with Crippen molar-refractivity contribution in [1.82, 2.24) is 0 Å². The van der Waals surface area contributed by atoms with Gasteiger partial charge in [0.15, 0.2) is 0 Å². The zero-order valence-corrected chi connectivity index (χ0v) is 12.2. The van der Waals surface area contributed by atoms with Crippen LogP contribution in [0.2, 0.25) is 0 Å². The van der Waals surface area contributed by atoms with Gasteiger partial charge in [-0.1, -0.05) is 48.6 Å². The Hall–Kier alpha value is -1.33. The summed E-state index contributed by atoms with van der Waals surface area (Å²) in [5.74, 6) is 0. The fourth-order valence-electron chi connectivity index (χ4n) is 3.39. The molecule has 102 valence electrons. The van der Waals surface area contributed by atoms with Gasteiger partial charge in [-0.25, -0.2) is 0 Å². The summed E-state index contributed by atoms with van der Waals surface area (Å²) < 4.78 is 0. The number of benzene rings is 1. The second-order valence-electron chi connectivity index (χ2n) is 6.20. The van der Waals surface area contributed by atoms with E-state index in [1.165, 1.54) is 6.42 Å². The number of hydrogen-bond acceptors (Lipinski definition) is 2. The summed E-state index contributed by atoms with van der Waals surface area (Å²) in [7, 11) is 0. The molecule has 2 heteroatoms. The molecule has 0 aromatic heterocycles. The third-order valence-corrected chi connectivity index (χ3v) is 4.64. The van der Waals surface area contributed by atoms with E-state index in [1.54, 1.807) is 0 Å². The largest absolute Gasteiger partial charge is 0.384 e. The minimum absolute atomic E-state index is 0.633. The van der Waals surface area contributed by atoms with Gasteiger partial charge in [0.05, 0.1) is 11.5 Å². The maximum atomic E-state index is 11.1. The number of hydrogen-bond donors (Lipinski definition) is 1. The Morgan fingerprint density at radius 1 is 1.11 bits per heavy atom. The van der Waals surface area contributed by atoms with E-state index >= 15 is 0 Å². The maximum Gasteiger partial charge on any atom is 0.105 e. The Morgan fingerprint density at radius 2 is 1.63 bits per heavy atom. The van der Waals surface area contributed by atoms with E-state index in [0.29, 0.717) is 0 Å². The summed E-state index contributed by atoms with van der Waals surface area (Å²) in [6.07, 6.45) is 4.84. The average Bonchev–Trinajstić information content (AvgIpc) is 2.38. The molecule has 2 nitrogen and oxygen atoms in total. The fraction of sp³-hybridized carbons (Fsp3) is 0.588. The summed E-state index contributed by atoms with van der Waals surface area (Å²) in [4.78, 5) is 0. The van der Waals surface area contributed by atoms with Gasteiger partial charge in [-0.15, -0.1) is 0 Å². The molecule has 0 spiro atoms. The van der Waals surface area contributed by atoms with E-state index in [4.69, 9.17) is 0 Å². The van der Waals surface area contributed by atoms with E-state index in [0.717, 1.165) is 42.4 Å². The van der Waals surface area contributed by atoms with Crippen molar-refractivity contribution in [2.24, 2.45) is 5.41 Å². The molecule has 0 bridgehead atoms. The lowest BCUT2D eigenvalue weighted by atomic mass is 9.62. The average molecular weight is 257 g/mol. The lowest BCUT2D eigenvalue weighted by Crippen LogP contribution is -2.44. The molecule has 0 heterocycles. The smallest absolute Gasteiger partial charge is 0.105 e. The van der Waals surface area contributed by atoms with Crippen LogP contribution in [0.5, 0.6) is 0 Å². The number of nitriles is 1. The first-order chi connectivity index (χ1) is 8.91. The molecular weight excluding hydrogens is 234 g/mol. The van der Waals surface area contributed by atoms with Crippen LogP contribution in [0.3, 0.4) is 0 Å². The Balaban J connectivity index is 2.47. The lowest BCUT2D eigenvalue weighted by molar-refractivity contribution is -0.0635. The van der Waals surface area contributed by atoms with Crippen LogP contribution in [0.15, 0.2) is 18.2 Å². The highest BCUT2D eigenvalue weighted by atomic mass is 16.3. The van der Waals surface area contributed by atoms with Crippen molar-refractivity contribution in [2.45, 2.75) is 58.5 Å². The summed E-state index contributed by atoms with van der Waals surface area (Å²) >= 11 is 0. The Kier molecular flexibility index (Phi) is 3.69. The molecular formula is C17H23NO. The monoisotopic (exact) mass is 257 g/mol. The molecule has 2 rings (SSSR count). The predicted molar refractivity (Wildman–Crippen MR) is 76.6 cm³/mol. The van der Waals surface area contributed by atoms with Crippen molar-refractivity contribution in [2.75, 3.05) is 0 Å². The molecule has 1 saturated carbocycles. The van der Waals surface area contributed by atoms with Crippen LogP contribution in [0, 0.1) is 30.6 Å². The molecule has 0 aliphatic heterocycles. The van der Waals surface area contributed by atoms with Crippen LogP contribution in [0.1, 0.15) is 55.7 Å². The molecule has 1 aliphatic rings. The Bertz CT molecular complexity index is 484. The molecule has 1 N–H and O–H groups in total. The van der Waals surface area contributed by atoms with E-state index in [-0.39, 0.29) is 0 Å². The van der Waals surface area contributed by atoms with Crippen molar-refractivity contribution in [3.8, 4) is 6.07 Å². The van der Waals surface area contributed by atoms with Crippen molar-refractivity contribution >= 4 is 0 Å². The molecule has 1 aromatic carbocycles. The van der Waals surface area contributed by atoms with Crippen LogP contribution in [-0.4, -0.2) is 5.11 Å². The molecule has 0 amide bonds. The van der Waals surface area contributed by atoms with E-state index in [1.807, 2.05) is 32.9 Å². The Morgan fingerprint density at radius 3 is 2.11 bits per heavy atom. The number of nitrogens with zero attached hydrogens (tertiary/aromatic N) is 1. The summed E-state index contributed by atoms with van der Waals surface area (Å²) in [5.41, 5.74) is 1.46. The first kappa shape index (κ1) is 14.1. The van der Waals surface area contributed by atoms with Gasteiger partial charge in [-0.3, -0.25) is 0 Å². The van der Waals surface area contributed by atoms with Crippen LogP contribution in [-0.2, 0) is 5.60 Å². The second-order valence-corrected chi connectivity index (χ2v) is 6.20. The van der Waals surface area contributed by atoms with Crippen molar-refractivity contribution in [3.63, 3.8) is 0 Å². The molecule has 1 aliphatic carbocycles. The third kappa shape index (κ3) is 2.40. The molecule has 1 aromatic rings. The SMILES string of the molecule is Cc1cc(C)cc(C(C)(O)C2(C#N)CCCCC2)c1. The van der Waals surface area contributed by atoms with Crippen molar-refractivity contribution in [3.05, 3.63) is 34.9 Å². The van der Waals surface area contributed by atoms with Gasteiger partial charge in [-0.05, 0) is 39.2 Å². The molecule has 1 fully saturated rings. The Labute approximate surface area is 116 Å². The summed E-state index contributed by atoms with van der Waals surface area (Å²) in [5, 5.41) is 20.8. The fourth-order valence-corrected chi connectivity index (χ4v) is 3.39. The standard InChI is InChI=1S/C17H23NO/c1-13-9-14(2)11-15(10-13)16(3,19)17(12-18)7-5-4-6-8-17/h9-11,19H,4-8H2,1-3H3. The van der Waals surface area contributed by atoms with Crippen LogP contribution >= 0.6 is 0 Å². The highest BCUT2D eigenvalue weighted by Crippen LogP contribution is 2.49. The minimum Gasteiger partial charge on any atom is -0.384 e. The second kappa shape index (κ2) is 4.98. The van der Waals surface area contributed by atoms with Gasteiger partial charge in [-0.2, -0.15) is 5.26 Å². The number of aryl methyl sites for hydroxylation is 2. The minimum atomic E-state index is -1.07. The van der Waals surface area contributed by atoms with Crippen molar-refractivity contribution < 1.29 is 5.11 Å². The highest BCUT2D eigenvalue weighted by Gasteiger charge is 2.49. The zero-order chi connectivity index (χ0) is 14.1. The van der Waals surface area contributed by atoms with Crippen LogP contribution < -0.4 is 0 Å². The third-order valence-electron chi connectivity index (χ3n) is 4.64. The van der Waals surface area contributed by atoms with Crippen LogP contribution in [0.4, 0.5) is 0 Å². The normalized spacial score (nSPS) is 21.4. The van der Waals surface area contributed by atoms with E-state index in [9.17, 15) is 10.4 Å². The molecule has 1 unspecified atom stereocenters. The number of aliphatic hydroxyl groups is 1. The quantitative estimate of drug-likeness (QED) is 0.870. The molecule has 1 atom stereocenters. The van der Waals surface area contributed by atoms with Gasteiger partial charge in [0, 0.05) is 0 Å². The summed E-state index contributed by atoms with van der Waals surface area (Å²) in [6, 6.07) is 8.57. The predicted octanol–water partition coefficient (Wildman–Crippen LogP) is 3.99. The molecule has 0 saturated heterocycles.